The van der Waals surface area contributed by atoms with Crippen molar-refractivity contribution in [3.05, 3.63) is 47.0 Å². The first-order chi connectivity index (χ1) is 12.6. The van der Waals surface area contributed by atoms with Gasteiger partial charge in [0.2, 0.25) is 0 Å². The number of ether oxygens (including phenoxy) is 3. The third-order valence-corrected chi connectivity index (χ3v) is 5.51. The van der Waals surface area contributed by atoms with Crippen LogP contribution in [0.1, 0.15) is 19.3 Å². The predicted molar refractivity (Wildman–Crippen MR) is 105 cm³/mol. The number of methoxy groups -OCH3 is 3. The molecule has 0 unspecified atom stereocenters. The van der Waals surface area contributed by atoms with Gasteiger partial charge in [-0.05, 0) is 36.6 Å². The Morgan fingerprint density at radius 2 is 2.04 bits per heavy atom. The lowest BCUT2D eigenvalue weighted by atomic mass is 9.93. The number of anilines is 1. The fraction of sp³-hybridized carbons (Fsp3) is 0.500. The minimum atomic E-state index is -0.637. The lowest BCUT2D eigenvalue weighted by Gasteiger charge is -2.32. The maximum absolute atomic E-state index is 6.08. The third kappa shape index (κ3) is 4.23. The normalized spacial score (nSPS) is 24.4. The van der Waals surface area contributed by atoms with Crippen molar-refractivity contribution in [3.8, 4) is 5.75 Å². The molecule has 0 saturated carbocycles. The molecule has 0 bridgehead atoms. The zero-order chi connectivity index (χ0) is 18.6. The molecule has 5 nitrogen and oxygen atoms in total. The van der Waals surface area contributed by atoms with E-state index in [1.54, 1.807) is 21.3 Å². The van der Waals surface area contributed by atoms with Crippen LogP contribution in [-0.4, -0.2) is 45.7 Å². The van der Waals surface area contributed by atoms with Gasteiger partial charge < -0.3 is 24.8 Å². The van der Waals surface area contributed by atoms with Gasteiger partial charge in [0.25, 0.3) is 0 Å². The van der Waals surface area contributed by atoms with Gasteiger partial charge in [-0.3, -0.25) is 0 Å². The summed E-state index contributed by atoms with van der Waals surface area (Å²) in [6, 6.07) is 6.51. The topological polar surface area (TPSA) is 51.8 Å². The van der Waals surface area contributed by atoms with Crippen LogP contribution in [0.5, 0.6) is 5.75 Å². The van der Waals surface area contributed by atoms with Crippen LogP contribution in [0.25, 0.3) is 0 Å². The van der Waals surface area contributed by atoms with Gasteiger partial charge in [0.15, 0.2) is 5.79 Å². The third-order valence-electron chi connectivity index (χ3n) is 5.19. The molecule has 26 heavy (non-hydrogen) atoms. The number of allylic oxidation sites excluding steroid dienone is 2. The van der Waals surface area contributed by atoms with E-state index >= 15 is 0 Å². The minimum Gasteiger partial charge on any atom is -0.495 e. The molecule has 1 fully saturated rings. The molecule has 0 aromatic heterocycles. The average Bonchev–Trinajstić information content (AvgIpc) is 3.16. The van der Waals surface area contributed by atoms with Crippen molar-refractivity contribution in [1.82, 2.24) is 5.32 Å². The maximum Gasteiger partial charge on any atom is 0.191 e. The molecule has 2 aliphatic rings. The molecule has 3 rings (SSSR count). The zero-order valence-electron chi connectivity index (χ0n) is 15.5. The Hall–Kier alpha value is -1.53. The molecule has 1 heterocycles. The van der Waals surface area contributed by atoms with Gasteiger partial charge in [0.05, 0.1) is 12.1 Å². The molecular formula is C20H27ClN2O3. The van der Waals surface area contributed by atoms with Gasteiger partial charge in [-0.25, -0.2) is 0 Å². The molecular weight excluding hydrogens is 352 g/mol. The van der Waals surface area contributed by atoms with Crippen LogP contribution in [0.4, 0.5) is 5.69 Å². The van der Waals surface area contributed by atoms with Gasteiger partial charge >= 0.3 is 0 Å². The van der Waals surface area contributed by atoms with Crippen molar-refractivity contribution < 1.29 is 14.2 Å². The predicted octanol–water partition coefficient (Wildman–Crippen LogP) is 3.76. The number of rotatable bonds is 7. The fourth-order valence-electron chi connectivity index (χ4n) is 3.61. The van der Waals surface area contributed by atoms with E-state index in [1.807, 2.05) is 30.4 Å². The maximum atomic E-state index is 6.08. The summed E-state index contributed by atoms with van der Waals surface area (Å²) in [5.41, 5.74) is 2.33. The van der Waals surface area contributed by atoms with Crippen LogP contribution in [0.15, 0.2) is 42.0 Å². The molecule has 0 spiro atoms. The van der Waals surface area contributed by atoms with E-state index in [-0.39, 0.29) is 0 Å². The molecule has 1 aliphatic heterocycles. The smallest absolute Gasteiger partial charge is 0.191 e. The van der Waals surface area contributed by atoms with Gasteiger partial charge in [-0.1, -0.05) is 23.8 Å². The van der Waals surface area contributed by atoms with Crippen molar-refractivity contribution in [3.63, 3.8) is 0 Å². The first-order valence-electron chi connectivity index (χ1n) is 8.91. The molecule has 2 atom stereocenters. The Morgan fingerprint density at radius 3 is 2.77 bits per heavy atom. The Bertz CT molecular complexity index is 686. The largest absolute Gasteiger partial charge is 0.495 e. The lowest BCUT2D eigenvalue weighted by Crippen LogP contribution is -2.40. The quantitative estimate of drug-likeness (QED) is 0.707. The first-order valence-corrected chi connectivity index (χ1v) is 9.29. The molecule has 6 heteroatoms. The number of nitrogens with one attached hydrogen (secondary N) is 2. The van der Waals surface area contributed by atoms with Crippen molar-refractivity contribution in [1.29, 1.82) is 0 Å². The van der Waals surface area contributed by atoms with E-state index in [9.17, 15) is 0 Å². The summed E-state index contributed by atoms with van der Waals surface area (Å²) in [4.78, 5) is 0. The molecule has 1 aliphatic carbocycles. The summed E-state index contributed by atoms with van der Waals surface area (Å²) in [5.74, 6) is 0.0469. The number of hydrogen-bond donors (Lipinski definition) is 2. The minimum absolute atomic E-state index is 0.358. The Balaban J connectivity index is 1.54. The molecule has 0 amide bonds. The highest BCUT2D eigenvalue weighted by atomic mass is 35.5. The van der Waals surface area contributed by atoms with Crippen LogP contribution < -0.4 is 15.4 Å². The van der Waals surface area contributed by atoms with Gasteiger partial charge in [0, 0.05) is 51.0 Å². The molecule has 142 valence electrons. The van der Waals surface area contributed by atoms with Crippen LogP contribution in [0.2, 0.25) is 5.02 Å². The number of benzene rings is 1. The van der Waals surface area contributed by atoms with Crippen molar-refractivity contribution >= 4 is 17.3 Å². The van der Waals surface area contributed by atoms with Crippen LogP contribution in [-0.2, 0) is 9.47 Å². The van der Waals surface area contributed by atoms with Crippen LogP contribution in [0, 0.1) is 0 Å². The summed E-state index contributed by atoms with van der Waals surface area (Å²) in [6.07, 6.45) is 9.16. The average molecular weight is 379 g/mol. The monoisotopic (exact) mass is 378 g/mol. The Kier molecular flexibility index (Phi) is 6.24. The highest BCUT2D eigenvalue weighted by Crippen LogP contribution is 2.32. The standard InChI is InChI=1S/C20H27ClN2O3/c1-24-19-11-15(6-8-17(19)21)22-13-16-7-9-18(23-16)14-5-4-10-20(12-14,25-2)26-3/h4-6,8,10-11,16,18,22-23H,7,9,12-13H2,1-3H3/t16-,18+/m0/s1. The fourth-order valence-corrected chi connectivity index (χ4v) is 3.80. The molecule has 2 N–H and O–H groups in total. The first kappa shape index (κ1) is 19.2. The van der Waals surface area contributed by atoms with E-state index in [0.717, 1.165) is 31.5 Å². The highest BCUT2D eigenvalue weighted by Gasteiger charge is 2.34. The second-order valence-corrected chi connectivity index (χ2v) is 7.13. The molecule has 1 aromatic carbocycles. The second kappa shape index (κ2) is 8.44. The van der Waals surface area contributed by atoms with E-state index in [2.05, 4.69) is 16.7 Å². The zero-order valence-corrected chi connectivity index (χ0v) is 16.3. The van der Waals surface area contributed by atoms with Crippen molar-refractivity contribution in [2.24, 2.45) is 0 Å². The Morgan fingerprint density at radius 1 is 1.23 bits per heavy atom. The summed E-state index contributed by atoms with van der Waals surface area (Å²) in [5, 5.41) is 7.81. The highest BCUT2D eigenvalue weighted by molar-refractivity contribution is 6.32. The summed E-state index contributed by atoms with van der Waals surface area (Å²) in [7, 11) is 5.00. The molecule has 0 radical (unpaired) electrons. The number of halogens is 1. The van der Waals surface area contributed by atoms with E-state index in [0.29, 0.717) is 22.9 Å². The van der Waals surface area contributed by atoms with Crippen LogP contribution >= 0.6 is 11.6 Å². The van der Waals surface area contributed by atoms with Gasteiger partial charge in [-0.2, -0.15) is 0 Å². The van der Waals surface area contributed by atoms with E-state index in [1.165, 1.54) is 5.57 Å². The molecule has 1 saturated heterocycles. The van der Waals surface area contributed by atoms with Crippen molar-refractivity contribution in [2.75, 3.05) is 33.2 Å². The van der Waals surface area contributed by atoms with E-state index in [4.69, 9.17) is 25.8 Å². The van der Waals surface area contributed by atoms with E-state index < -0.39 is 5.79 Å². The number of hydrogen-bond acceptors (Lipinski definition) is 5. The lowest BCUT2D eigenvalue weighted by molar-refractivity contribution is -0.169. The van der Waals surface area contributed by atoms with Gasteiger partial charge in [0.1, 0.15) is 5.75 Å². The second-order valence-electron chi connectivity index (χ2n) is 6.72. The van der Waals surface area contributed by atoms with Crippen molar-refractivity contribution in [2.45, 2.75) is 37.1 Å². The van der Waals surface area contributed by atoms with Gasteiger partial charge in [-0.15, -0.1) is 0 Å². The summed E-state index contributed by atoms with van der Waals surface area (Å²) >= 11 is 6.08. The molecule has 1 aromatic rings. The van der Waals surface area contributed by atoms with Crippen LogP contribution in [0.3, 0.4) is 0 Å². The summed E-state index contributed by atoms with van der Waals surface area (Å²) < 4.78 is 16.4. The SMILES string of the molecule is COc1cc(NC[C@@H]2CC[C@H](C3=CC=CC(OC)(OC)C3)N2)ccc1Cl. The Labute approximate surface area is 160 Å². The summed E-state index contributed by atoms with van der Waals surface area (Å²) in [6.45, 7) is 0.851.